The molecule has 0 bridgehead atoms. The molecule has 1 N–H and O–H groups in total. The summed E-state index contributed by atoms with van der Waals surface area (Å²) in [6.07, 6.45) is 4.34. The van der Waals surface area contributed by atoms with Crippen LogP contribution in [0.3, 0.4) is 0 Å². The van der Waals surface area contributed by atoms with Crippen molar-refractivity contribution in [3.63, 3.8) is 0 Å². The Kier molecular flexibility index (Phi) is 4.45. The van der Waals surface area contributed by atoms with Crippen molar-refractivity contribution in [1.29, 1.82) is 0 Å². The van der Waals surface area contributed by atoms with E-state index in [1.807, 2.05) is 6.07 Å². The highest BCUT2D eigenvalue weighted by Crippen LogP contribution is 2.44. The molecule has 6 heteroatoms. The van der Waals surface area contributed by atoms with Gasteiger partial charge in [0.1, 0.15) is 5.82 Å². The van der Waals surface area contributed by atoms with Crippen molar-refractivity contribution in [2.24, 2.45) is 5.41 Å². The van der Waals surface area contributed by atoms with Gasteiger partial charge in [-0.25, -0.2) is 12.8 Å². The Morgan fingerprint density at radius 2 is 2.09 bits per heavy atom. The van der Waals surface area contributed by atoms with Gasteiger partial charge in [-0.2, -0.15) is 0 Å². The van der Waals surface area contributed by atoms with Crippen LogP contribution in [-0.2, 0) is 21.1 Å². The van der Waals surface area contributed by atoms with Gasteiger partial charge in [0.05, 0.1) is 16.9 Å². The van der Waals surface area contributed by atoms with Gasteiger partial charge in [-0.1, -0.05) is 18.6 Å². The van der Waals surface area contributed by atoms with Gasteiger partial charge in [0.25, 0.3) is 0 Å². The van der Waals surface area contributed by atoms with Crippen LogP contribution in [0.5, 0.6) is 0 Å². The van der Waals surface area contributed by atoms with Crippen LogP contribution in [0.2, 0.25) is 0 Å². The van der Waals surface area contributed by atoms with Crippen molar-refractivity contribution in [2.75, 3.05) is 11.5 Å². The Labute approximate surface area is 136 Å². The molecule has 1 aliphatic heterocycles. The quantitative estimate of drug-likeness (QED) is 0.915. The van der Waals surface area contributed by atoms with Crippen LogP contribution in [0, 0.1) is 11.2 Å². The van der Waals surface area contributed by atoms with Gasteiger partial charge in [0.15, 0.2) is 9.84 Å². The van der Waals surface area contributed by atoms with E-state index >= 15 is 0 Å². The molecule has 1 unspecified atom stereocenters. The van der Waals surface area contributed by atoms with Gasteiger partial charge in [-0.3, -0.25) is 4.79 Å². The highest BCUT2D eigenvalue weighted by atomic mass is 32.2. The second kappa shape index (κ2) is 6.23. The minimum atomic E-state index is -3.04. The summed E-state index contributed by atoms with van der Waals surface area (Å²) in [5.74, 6) is -0.117. The predicted molar refractivity (Wildman–Crippen MR) is 86.2 cm³/mol. The molecule has 2 aliphatic rings. The number of amides is 1. The molecule has 1 heterocycles. The molecule has 4 nitrogen and oxygen atoms in total. The molecule has 1 atom stereocenters. The number of hydrogen-bond acceptors (Lipinski definition) is 3. The number of benzene rings is 1. The van der Waals surface area contributed by atoms with Gasteiger partial charge in [-0.15, -0.1) is 0 Å². The van der Waals surface area contributed by atoms with Gasteiger partial charge in [0.2, 0.25) is 5.91 Å². The lowest BCUT2D eigenvalue weighted by atomic mass is 9.64. The molecule has 1 saturated heterocycles. The number of rotatable bonds is 4. The van der Waals surface area contributed by atoms with Crippen molar-refractivity contribution < 1.29 is 17.6 Å². The lowest BCUT2D eigenvalue weighted by molar-refractivity contribution is -0.136. The summed E-state index contributed by atoms with van der Waals surface area (Å²) < 4.78 is 36.8. The van der Waals surface area contributed by atoms with Crippen molar-refractivity contribution in [3.05, 3.63) is 35.6 Å². The molecule has 1 aromatic rings. The number of halogens is 1. The molecule has 126 valence electrons. The van der Waals surface area contributed by atoms with E-state index in [4.69, 9.17) is 0 Å². The first kappa shape index (κ1) is 16.4. The fourth-order valence-electron chi connectivity index (χ4n) is 3.60. The molecular weight excluding hydrogens is 317 g/mol. The van der Waals surface area contributed by atoms with E-state index in [0.29, 0.717) is 19.3 Å². The zero-order valence-corrected chi connectivity index (χ0v) is 13.9. The lowest BCUT2D eigenvalue weighted by Crippen LogP contribution is -2.52. The first-order valence-electron chi connectivity index (χ1n) is 8.14. The molecular formula is C17H22FNO3S. The van der Waals surface area contributed by atoms with Crippen LogP contribution < -0.4 is 5.32 Å². The molecule has 0 spiro atoms. The second-order valence-corrected chi connectivity index (χ2v) is 9.10. The van der Waals surface area contributed by atoms with Gasteiger partial charge < -0.3 is 5.32 Å². The number of nitrogens with one attached hydrogen (secondary N) is 1. The number of carbonyl (C=O) groups is 1. The summed E-state index contributed by atoms with van der Waals surface area (Å²) >= 11 is 0. The third kappa shape index (κ3) is 3.74. The second-order valence-electron chi connectivity index (χ2n) is 6.87. The topological polar surface area (TPSA) is 63.2 Å². The highest BCUT2D eigenvalue weighted by Gasteiger charge is 2.45. The third-order valence-electron chi connectivity index (χ3n) is 5.02. The Morgan fingerprint density at radius 1 is 1.30 bits per heavy atom. The van der Waals surface area contributed by atoms with Crippen molar-refractivity contribution in [3.8, 4) is 0 Å². The first-order valence-corrected chi connectivity index (χ1v) is 9.97. The maximum absolute atomic E-state index is 13.4. The minimum absolute atomic E-state index is 0.0365. The third-order valence-corrected chi connectivity index (χ3v) is 6.84. The molecule has 2 fully saturated rings. The van der Waals surface area contributed by atoms with E-state index in [2.05, 4.69) is 5.32 Å². The molecule has 1 saturated carbocycles. The zero-order chi connectivity index (χ0) is 16.5. The monoisotopic (exact) mass is 339 g/mol. The fraction of sp³-hybridized carbons (Fsp3) is 0.588. The summed E-state index contributed by atoms with van der Waals surface area (Å²) in [6.45, 7) is 0. The van der Waals surface area contributed by atoms with Crippen molar-refractivity contribution in [1.82, 2.24) is 5.32 Å². The maximum Gasteiger partial charge on any atom is 0.226 e. The number of sulfone groups is 1. The normalized spacial score (nSPS) is 25.3. The van der Waals surface area contributed by atoms with Gasteiger partial charge in [-0.05, 0) is 49.8 Å². The standard InChI is InChI=1S/C17H22FNO3S/c18-14-5-1-4-13(10-14)11-17(7-3-8-17)16(20)19-15-6-2-9-23(21,22)12-15/h1,4-5,10,15H,2-3,6-9,11-12H2,(H,19,20). The number of carbonyl (C=O) groups excluding carboxylic acids is 1. The molecule has 1 aliphatic carbocycles. The first-order chi connectivity index (χ1) is 10.9. The van der Waals surface area contributed by atoms with Crippen LogP contribution in [0.1, 0.15) is 37.7 Å². The molecule has 3 rings (SSSR count). The summed E-state index contributed by atoms with van der Waals surface area (Å²) in [5.41, 5.74) is 0.311. The van der Waals surface area contributed by atoms with Crippen LogP contribution in [0.15, 0.2) is 24.3 Å². The Morgan fingerprint density at radius 3 is 2.70 bits per heavy atom. The number of hydrogen-bond donors (Lipinski definition) is 1. The van der Waals surface area contributed by atoms with Crippen LogP contribution >= 0.6 is 0 Å². The van der Waals surface area contributed by atoms with Crippen molar-refractivity contribution >= 4 is 15.7 Å². The Balaban J connectivity index is 1.69. The van der Waals surface area contributed by atoms with Crippen LogP contribution in [0.25, 0.3) is 0 Å². The minimum Gasteiger partial charge on any atom is -0.352 e. The summed E-state index contributed by atoms with van der Waals surface area (Å²) in [4.78, 5) is 12.7. The lowest BCUT2D eigenvalue weighted by Gasteiger charge is -2.41. The smallest absolute Gasteiger partial charge is 0.226 e. The van der Waals surface area contributed by atoms with E-state index in [1.54, 1.807) is 6.07 Å². The van der Waals surface area contributed by atoms with Crippen LogP contribution in [0.4, 0.5) is 4.39 Å². The molecule has 0 radical (unpaired) electrons. The van der Waals surface area contributed by atoms with Crippen LogP contribution in [-0.4, -0.2) is 31.9 Å². The zero-order valence-electron chi connectivity index (χ0n) is 13.1. The predicted octanol–water partition coefficient (Wildman–Crippen LogP) is 2.23. The maximum atomic E-state index is 13.4. The average molecular weight is 339 g/mol. The van der Waals surface area contributed by atoms with Gasteiger partial charge in [0, 0.05) is 6.04 Å². The average Bonchev–Trinajstić information content (AvgIpc) is 2.41. The largest absolute Gasteiger partial charge is 0.352 e. The van der Waals surface area contributed by atoms with Crippen molar-refractivity contribution in [2.45, 2.75) is 44.6 Å². The highest BCUT2D eigenvalue weighted by molar-refractivity contribution is 7.91. The van der Waals surface area contributed by atoms with E-state index in [9.17, 15) is 17.6 Å². The Hall–Kier alpha value is -1.43. The van der Waals surface area contributed by atoms with E-state index in [0.717, 1.165) is 24.8 Å². The summed E-state index contributed by atoms with van der Waals surface area (Å²) in [6, 6.07) is 6.07. The molecule has 23 heavy (non-hydrogen) atoms. The molecule has 1 amide bonds. The summed E-state index contributed by atoms with van der Waals surface area (Å²) in [7, 11) is -3.04. The van der Waals surface area contributed by atoms with Gasteiger partial charge >= 0.3 is 0 Å². The molecule has 0 aromatic heterocycles. The SMILES string of the molecule is O=C(NC1CCCS(=O)(=O)C1)C1(Cc2cccc(F)c2)CCC1. The van der Waals surface area contributed by atoms with E-state index in [1.165, 1.54) is 12.1 Å². The van der Waals surface area contributed by atoms with E-state index < -0.39 is 15.3 Å². The van der Waals surface area contributed by atoms with E-state index in [-0.39, 0.29) is 29.3 Å². The fourth-order valence-corrected chi connectivity index (χ4v) is 5.24. The summed E-state index contributed by atoms with van der Waals surface area (Å²) in [5, 5.41) is 2.94. The molecule has 1 aromatic carbocycles. The Bertz CT molecular complexity index is 698.